The number of amides is 1. The number of halogens is 2. The third-order valence-electron chi connectivity index (χ3n) is 4.53. The van der Waals surface area contributed by atoms with Gasteiger partial charge in [-0.25, -0.2) is 4.39 Å². The summed E-state index contributed by atoms with van der Waals surface area (Å²) in [5.41, 5.74) is 2.83. The van der Waals surface area contributed by atoms with Crippen LogP contribution in [-0.4, -0.2) is 13.0 Å². The molecule has 1 amide bonds. The molecule has 0 fully saturated rings. The summed E-state index contributed by atoms with van der Waals surface area (Å²) < 4.78 is 24.3. The first kappa shape index (κ1) is 22.9. The summed E-state index contributed by atoms with van der Waals surface area (Å²) in [5.74, 6) is -0.326. The van der Waals surface area contributed by atoms with E-state index in [4.69, 9.17) is 21.1 Å². The molecule has 0 spiro atoms. The Bertz CT molecular complexity index is 1180. The number of nitrogens with zero attached hydrogens (tertiary/aromatic N) is 1. The van der Waals surface area contributed by atoms with E-state index < -0.39 is 11.7 Å². The molecule has 0 unspecified atom stereocenters. The number of nitriles is 1. The number of aryl methyl sites for hydroxylation is 1. The van der Waals surface area contributed by atoms with Crippen LogP contribution in [0.5, 0.6) is 11.5 Å². The van der Waals surface area contributed by atoms with E-state index in [1.54, 1.807) is 12.1 Å². The van der Waals surface area contributed by atoms with Gasteiger partial charge in [0.15, 0.2) is 11.5 Å². The monoisotopic (exact) mass is 450 g/mol. The van der Waals surface area contributed by atoms with Gasteiger partial charge in [-0.15, -0.1) is 0 Å². The highest BCUT2D eigenvalue weighted by Gasteiger charge is 2.14. The smallest absolute Gasteiger partial charge is 0.266 e. The van der Waals surface area contributed by atoms with E-state index in [2.05, 4.69) is 5.32 Å². The predicted octanol–water partition coefficient (Wildman–Crippen LogP) is 5.92. The van der Waals surface area contributed by atoms with E-state index in [-0.39, 0.29) is 10.6 Å². The van der Waals surface area contributed by atoms with Crippen LogP contribution in [0.25, 0.3) is 6.08 Å². The van der Waals surface area contributed by atoms with Crippen molar-refractivity contribution in [3.05, 3.63) is 93.8 Å². The van der Waals surface area contributed by atoms with Gasteiger partial charge in [0.2, 0.25) is 0 Å². The Labute approximate surface area is 190 Å². The van der Waals surface area contributed by atoms with Crippen molar-refractivity contribution in [1.29, 1.82) is 5.26 Å². The Morgan fingerprint density at radius 1 is 1.16 bits per heavy atom. The molecule has 0 aliphatic heterocycles. The van der Waals surface area contributed by atoms with E-state index in [0.717, 1.165) is 11.1 Å². The van der Waals surface area contributed by atoms with Gasteiger partial charge in [-0.3, -0.25) is 4.79 Å². The van der Waals surface area contributed by atoms with Gasteiger partial charge in [0.25, 0.3) is 5.91 Å². The van der Waals surface area contributed by atoms with E-state index in [0.29, 0.717) is 29.4 Å². The van der Waals surface area contributed by atoms with Crippen molar-refractivity contribution >= 4 is 29.3 Å². The molecule has 1 N–H and O–H groups in total. The number of carbonyl (C=O) groups is 1. The number of nitrogens with one attached hydrogen (secondary N) is 1. The molecule has 0 aromatic heterocycles. The lowest BCUT2D eigenvalue weighted by Gasteiger charge is -2.14. The minimum Gasteiger partial charge on any atom is -0.493 e. The van der Waals surface area contributed by atoms with Crippen LogP contribution in [0.15, 0.2) is 66.2 Å². The summed E-state index contributed by atoms with van der Waals surface area (Å²) in [5, 5.41) is 12.3. The van der Waals surface area contributed by atoms with E-state index in [1.165, 1.54) is 37.5 Å². The quantitative estimate of drug-likeness (QED) is 0.358. The van der Waals surface area contributed by atoms with Crippen molar-refractivity contribution in [1.82, 2.24) is 0 Å². The van der Waals surface area contributed by atoms with E-state index >= 15 is 0 Å². The standard InChI is InChI=1S/C25H20ClFN2O3/c1-16-3-5-17(6-4-16)15-32-24-22(26)12-18(13-23(24)31-2)11-19(14-28)25(30)29-21-9-7-20(27)8-10-21/h3-13H,15H2,1-2H3,(H,29,30)/b19-11+. The molecule has 0 saturated carbocycles. The lowest BCUT2D eigenvalue weighted by molar-refractivity contribution is -0.112. The summed E-state index contributed by atoms with van der Waals surface area (Å²) in [6.45, 7) is 2.31. The van der Waals surface area contributed by atoms with Crippen LogP contribution < -0.4 is 14.8 Å². The number of hydrogen-bond acceptors (Lipinski definition) is 4. The zero-order chi connectivity index (χ0) is 23.1. The minimum absolute atomic E-state index is 0.152. The number of anilines is 1. The molecule has 0 radical (unpaired) electrons. The van der Waals surface area contributed by atoms with Crippen LogP contribution in [-0.2, 0) is 11.4 Å². The highest BCUT2D eigenvalue weighted by Crippen LogP contribution is 2.37. The molecule has 0 saturated heterocycles. The number of hydrogen-bond donors (Lipinski definition) is 1. The van der Waals surface area contributed by atoms with Crippen molar-refractivity contribution < 1.29 is 18.7 Å². The molecular weight excluding hydrogens is 431 g/mol. The summed E-state index contributed by atoms with van der Waals surface area (Å²) >= 11 is 6.40. The summed E-state index contributed by atoms with van der Waals surface area (Å²) in [6.07, 6.45) is 1.39. The van der Waals surface area contributed by atoms with Crippen LogP contribution >= 0.6 is 11.6 Å². The van der Waals surface area contributed by atoms with Crippen LogP contribution in [0, 0.1) is 24.1 Å². The summed E-state index contributed by atoms with van der Waals surface area (Å²) in [6, 6.07) is 18.2. The van der Waals surface area contributed by atoms with Gasteiger partial charge in [0.1, 0.15) is 24.1 Å². The van der Waals surface area contributed by atoms with Crippen molar-refractivity contribution in [3.8, 4) is 17.6 Å². The second kappa shape index (κ2) is 10.5. The Morgan fingerprint density at radius 3 is 2.47 bits per heavy atom. The highest BCUT2D eigenvalue weighted by molar-refractivity contribution is 6.32. The van der Waals surface area contributed by atoms with Gasteiger partial charge in [0, 0.05) is 5.69 Å². The second-order valence-corrected chi connectivity index (χ2v) is 7.35. The van der Waals surface area contributed by atoms with Crippen molar-refractivity contribution in [2.45, 2.75) is 13.5 Å². The van der Waals surface area contributed by atoms with Crippen LogP contribution in [0.1, 0.15) is 16.7 Å². The average Bonchev–Trinajstić information content (AvgIpc) is 2.79. The molecule has 0 aliphatic rings. The average molecular weight is 451 g/mol. The fraction of sp³-hybridized carbons (Fsp3) is 0.120. The Balaban J connectivity index is 1.80. The molecule has 3 aromatic carbocycles. The molecule has 162 valence electrons. The van der Waals surface area contributed by atoms with Crippen LogP contribution in [0.2, 0.25) is 5.02 Å². The fourth-order valence-corrected chi connectivity index (χ4v) is 3.12. The first-order chi connectivity index (χ1) is 15.4. The molecule has 0 heterocycles. The first-order valence-corrected chi connectivity index (χ1v) is 10.0. The fourth-order valence-electron chi connectivity index (χ4n) is 2.85. The highest BCUT2D eigenvalue weighted by atomic mass is 35.5. The second-order valence-electron chi connectivity index (χ2n) is 6.94. The molecule has 0 atom stereocenters. The molecule has 0 bridgehead atoms. The normalized spacial score (nSPS) is 10.9. The largest absolute Gasteiger partial charge is 0.493 e. The Morgan fingerprint density at radius 2 is 1.84 bits per heavy atom. The molecule has 5 nitrogen and oxygen atoms in total. The molecule has 7 heteroatoms. The van der Waals surface area contributed by atoms with E-state index in [9.17, 15) is 14.4 Å². The molecule has 0 aliphatic carbocycles. The van der Waals surface area contributed by atoms with Gasteiger partial charge >= 0.3 is 0 Å². The van der Waals surface area contributed by atoms with Gasteiger partial charge in [-0.05, 0) is 60.5 Å². The molecule has 3 rings (SSSR count). The molecule has 3 aromatic rings. The van der Waals surface area contributed by atoms with Crippen molar-refractivity contribution in [2.24, 2.45) is 0 Å². The maximum atomic E-state index is 13.0. The number of benzene rings is 3. The third kappa shape index (κ3) is 5.87. The molecule has 32 heavy (non-hydrogen) atoms. The van der Waals surface area contributed by atoms with Gasteiger partial charge < -0.3 is 14.8 Å². The maximum Gasteiger partial charge on any atom is 0.266 e. The Kier molecular flexibility index (Phi) is 7.48. The summed E-state index contributed by atoms with van der Waals surface area (Å²) in [4.78, 5) is 12.4. The van der Waals surface area contributed by atoms with E-state index in [1.807, 2.05) is 37.3 Å². The van der Waals surface area contributed by atoms with Gasteiger partial charge in [-0.2, -0.15) is 5.26 Å². The third-order valence-corrected chi connectivity index (χ3v) is 4.81. The number of methoxy groups -OCH3 is 1. The SMILES string of the molecule is COc1cc(/C=C(\C#N)C(=O)Nc2ccc(F)cc2)cc(Cl)c1OCc1ccc(C)cc1. The minimum atomic E-state index is -0.631. The maximum absolute atomic E-state index is 13.0. The Hall–Kier alpha value is -3.82. The number of ether oxygens (including phenoxy) is 2. The predicted molar refractivity (Wildman–Crippen MR) is 122 cm³/mol. The number of carbonyl (C=O) groups excluding carboxylic acids is 1. The lowest BCUT2D eigenvalue weighted by Crippen LogP contribution is -2.13. The lowest BCUT2D eigenvalue weighted by atomic mass is 10.1. The van der Waals surface area contributed by atoms with Crippen molar-refractivity contribution in [2.75, 3.05) is 12.4 Å². The first-order valence-electron chi connectivity index (χ1n) is 9.64. The topological polar surface area (TPSA) is 71.3 Å². The number of rotatable bonds is 7. The summed E-state index contributed by atoms with van der Waals surface area (Å²) in [7, 11) is 1.48. The van der Waals surface area contributed by atoms with Crippen LogP contribution in [0.4, 0.5) is 10.1 Å². The van der Waals surface area contributed by atoms with Crippen molar-refractivity contribution in [3.63, 3.8) is 0 Å². The zero-order valence-electron chi connectivity index (χ0n) is 17.5. The zero-order valence-corrected chi connectivity index (χ0v) is 18.2. The van der Waals surface area contributed by atoms with Gasteiger partial charge in [0.05, 0.1) is 12.1 Å². The van der Waals surface area contributed by atoms with Crippen LogP contribution in [0.3, 0.4) is 0 Å². The molecular formula is C25H20ClFN2O3. The van der Waals surface area contributed by atoms with Gasteiger partial charge in [-0.1, -0.05) is 41.4 Å².